The van der Waals surface area contributed by atoms with Crippen LogP contribution in [0.15, 0.2) is 30.3 Å². The molecule has 1 heterocycles. The van der Waals surface area contributed by atoms with Gasteiger partial charge in [0.1, 0.15) is 18.2 Å². The van der Waals surface area contributed by atoms with E-state index in [1.807, 2.05) is 30.3 Å². The minimum absolute atomic E-state index is 0.105. The van der Waals surface area contributed by atoms with Gasteiger partial charge < -0.3 is 15.4 Å². The predicted molar refractivity (Wildman–Crippen MR) is 91.4 cm³/mol. The maximum Gasteiger partial charge on any atom is 0.332 e. The minimum Gasteiger partial charge on any atom is -0.459 e. The summed E-state index contributed by atoms with van der Waals surface area (Å²) in [6.07, 6.45) is 4.70. The molecule has 1 saturated carbocycles. The van der Waals surface area contributed by atoms with E-state index >= 15 is 0 Å². The molecule has 0 unspecified atom stereocenters. The molecular weight excluding hydrogens is 320 g/mol. The number of benzene rings is 1. The summed E-state index contributed by atoms with van der Waals surface area (Å²) < 4.78 is 5.43. The molecule has 2 N–H and O–H groups in total. The number of rotatable bonds is 5. The van der Waals surface area contributed by atoms with E-state index in [1.165, 1.54) is 0 Å². The SMILES string of the molecule is O=C1CCCC[C@@H](C(=O)NC2(C(=O)OCc3ccccc3)CCC2)N1. The van der Waals surface area contributed by atoms with Gasteiger partial charge in [0.25, 0.3) is 0 Å². The largest absolute Gasteiger partial charge is 0.459 e. The van der Waals surface area contributed by atoms with E-state index in [9.17, 15) is 14.4 Å². The number of ether oxygens (including phenoxy) is 1. The Labute approximate surface area is 147 Å². The van der Waals surface area contributed by atoms with Crippen molar-refractivity contribution in [3.05, 3.63) is 35.9 Å². The summed E-state index contributed by atoms with van der Waals surface area (Å²) in [6, 6.07) is 8.90. The molecule has 1 atom stereocenters. The Kier molecular flexibility index (Phi) is 5.36. The van der Waals surface area contributed by atoms with Gasteiger partial charge in [0.2, 0.25) is 11.8 Å². The van der Waals surface area contributed by atoms with Crippen molar-refractivity contribution in [2.75, 3.05) is 0 Å². The molecule has 1 aliphatic heterocycles. The fourth-order valence-corrected chi connectivity index (χ4v) is 3.26. The van der Waals surface area contributed by atoms with E-state index in [0.29, 0.717) is 25.7 Å². The number of nitrogens with one attached hydrogen (secondary N) is 2. The van der Waals surface area contributed by atoms with Gasteiger partial charge in [-0.3, -0.25) is 9.59 Å². The molecule has 0 bridgehead atoms. The molecule has 2 aliphatic rings. The minimum atomic E-state index is -0.942. The molecular formula is C19H24N2O4. The highest BCUT2D eigenvalue weighted by Crippen LogP contribution is 2.33. The first-order valence-corrected chi connectivity index (χ1v) is 8.92. The average Bonchev–Trinajstić information content (AvgIpc) is 2.81. The lowest BCUT2D eigenvalue weighted by molar-refractivity contribution is -0.159. The van der Waals surface area contributed by atoms with Gasteiger partial charge in [-0.25, -0.2) is 4.79 Å². The number of carbonyl (C=O) groups excluding carboxylic acids is 3. The molecule has 0 spiro atoms. The van der Waals surface area contributed by atoms with Gasteiger partial charge in [0, 0.05) is 6.42 Å². The average molecular weight is 344 g/mol. The number of amides is 2. The maximum atomic E-state index is 12.5. The molecule has 1 saturated heterocycles. The smallest absolute Gasteiger partial charge is 0.332 e. The van der Waals surface area contributed by atoms with Crippen LogP contribution >= 0.6 is 0 Å². The van der Waals surface area contributed by atoms with Crippen LogP contribution in [0.25, 0.3) is 0 Å². The number of hydrogen-bond acceptors (Lipinski definition) is 4. The normalized spacial score (nSPS) is 22.1. The Bertz CT molecular complexity index is 640. The number of hydrogen-bond donors (Lipinski definition) is 2. The fourth-order valence-electron chi connectivity index (χ4n) is 3.26. The predicted octanol–water partition coefficient (Wildman–Crippen LogP) is 1.83. The van der Waals surface area contributed by atoms with Gasteiger partial charge in [-0.05, 0) is 37.7 Å². The summed E-state index contributed by atoms with van der Waals surface area (Å²) in [4.78, 5) is 36.8. The van der Waals surface area contributed by atoms with E-state index in [2.05, 4.69) is 10.6 Å². The first-order valence-electron chi connectivity index (χ1n) is 8.92. The van der Waals surface area contributed by atoms with Crippen LogP contribution in [0.2, 0.25) is 0 Å². The molecule has 1 aliphatic carbocycles. The third-order valence-corrected chi connectivity index (χ3v) is 4.97. The van der Waals surface area contributed by atoms with E-state index in [1.54, 1.807) is 0 Å². The highest BCUT2D eigenvalue weighted by Gasteiger charge is 2.47. The van der Waals surface area contributed by atoms with E-state index in [4.69, 9.17) is 4.74 Å². The first-order chi connectivity index (χ1) is 12.1. The van der Waals surface area contributed by atoms with Crippen molar-refractivity contribution < 1.29 is 19.1 Å². The molecule has 134 valence electrons. The van der Waals surface area contributed by atoms with Crippen molar-refractivity contribution in [3.8, 4) is 0 Å². The standard InChI is InChI=1S/C19H24N2O4/c22-16-10-5-4-9-15(20-16)17(23)21-19(11-6-12-19)18(24)25-13-14-7-2-1-3-8-14/h1-3,7-8,15H,4-6,9-13H2,(H,20,22)(H,21,23)/t15-/m0/s1. The summed E-state index contributed by atoms with van der Waals surface area (Å²) in [5.74, 6) is -0.783. The summed E-state index contributed by atoms with van der Waals surface area (Å²) >= 11 is 0. The molecule has 2 fully saturated rings. The van der Waals surface area contributed by atoms with E-state index in [0.717, 1.165) is 24.8 Å². The van der Waals surface area contributed by atoms with Crippen LogP contribution in [0.3, 0.4) is 0 Å². The van der Waals surface area contributed by atoms with Crippen LogP contribution < -0.4 is 10.6 Å². The van der Waals surface area contributed by atoms with Crippen molar-refractivity contribution >= 4 is 17.8 Å². The van der Waals surface area contributed by atoms with Crippen molar-refractivity contribution in [1.29, 1.82) is 0 Å². The molecule has 6 nitrogen and oxygen atoms in total. The number of carbonyl (C=O) groups is 3. The lowest BCUT2D eigenvalue weighted by Crippen LogP contribution is -2.63. The zero-order valence-electron chi connectivity index (χ0n) is 14.3. The second kappa shape index (κ2) is 7.68. The summed E-state index contributed by atoms with van der Waals surface area (Å²) in [6.45, 7) is 0.192. The fraction of sp³-hybridized carbons (Fsp3) is 0.526. The molecule has 6 heteroatoms. The van der Waals surface area contributed by atoms with Gasteiger partial charge in [-0.1, -0.05) is 36.8 Å². The second-order valence-corrected chi connectivity index (χ2v) is 6.85. The van der Waals surface area contributed by atoms with Crippen molar-refractivity contribution in [2.24, 2.45) is 0 Å². The third-order valence-electron chi connectivity index (χ3n) is 4.97. The van der Waals surface area contributed by atoms with E-state index < -0.39 is 17.6 Å². The van der Waals surface area contributed by atoms with E-state index in [-0.39, 0.29) is 18.4 Å². The Morgan fingerprint density at radius 1 is 1.16 bits per heavy atom. The topological polar surface area (TPSA) is 84.5 Å². The Morgan fingerprint density at radius 3 is 2.60 bits per heavy atom. The zero-order valence-corrected chi connectivity index (χ0v) is 14.3. The maximum absolute atomic E-state index is 12.5. The van der Waals surface area contributed by atoms with Gasteiger partial charge in [-0.15, -0.1) is 0 Å². The quantitative estimate of drug-likeness (QED) is 0.798. The van der Waals surface area contributed by atoms with Gasteiger partial charge in [0.05, 0.1) is 0 Å². The van der Waals surface area contributed by atoms with Crippen LogP contribution in [0, 0.1) is 0 Å². The monoisotopic (exact) mass is 344 g/mol. The Hall–Kier alpha value is -2.37. The summed E-state index contributed by atoms with van der Waals surface area (Å²) in [5, 5.41) is 5.60. The first kappa shape index (κ1) is 17.5. The van der Waals surface area contributed by atoms with Gasteiger partial charge in [-0.2, -0.15) is 0 Å². The van der Waals surface area contributed by atoms with Crippen LogP contribution in [0.1, 0.15) is 50.5 Å². The highest BCUT2D eigenvalue weighted by molar-refractivity contribution is 5.93. The van der Waals surface area contributed by atoms with Crippen LogP contribution in [0.4, 0.5) is 0 Å². The van der Waals surface area contributed by atoms with Crippen LogP contribution in [-0.4, -0.2) is 29.4 Å². The van der Waals surface area contributed by atoms with Gasteiger partial charge in [0.15, 0.2) is 0 Å². The van der Waals surface area contributed by atoms with Crippen molar-refractivity contribution in [3.63, 3.8) is 0 Å². The molecule has 3 rings (SSSR count). The molecule has 2 amide bonds. The van der Waals surface area contributed by atoms with Gasteiger partial charge >= 0.3 is 5.97 Å². The summed E-state index contributed by atoms with van der Waals surface area (Å²) in [5.41, 5.74) is -0.0317. The van der Waals surface area contributed by atoms with Crippen molar-refractivity contribution in [1.82, 2.24) is 10.6 Å². The molecule has 1 aromatic carbocycles. The Morgan fingerprint density at radius 2 is 1.92 bits per heavy atom. The lowest BCUT2D eigenvalue weighted by atomic mass is 9.76. The zero-order chi connectivity index (χ0) is 17.7. The van der Waals surface area contributed by atoms with Crippen molar-refractivity contribution in [2.45, 2.75) is 63.1 Å². The Balaban J connectivity index is 1.59. The second-order valence-electron chi connectivity index (χ2n) is 6.85. The highest BCUT2D eigenvalue weighted by atomic mass is 16.5. The molecule has 1 aromatic rings. The van der Waals surface area contributed by atoms with Crippen LogP contribution in [0.5, 0.6) is 0 Å². The number of esters is 1. The summed E-state index contributed by atoms with van der Waals surface area (Å²) in [7, 11) is 0. The molecule has 0 aromatic heterocycles. The molecule has 25 heavy (non-hydrogen) atoms. The molecule has 0 radical (unpaired) electrons. The third kappa shape index (κ3) is 4.18. The van der Waals surface area contributed by atoms with Crippen LogP contribution in [-0.2, 0) is 25.7 Å². The lowest BCUT2D eigenvalue weighted by Gasteiger charge is -2.40.